The van der Waals surface area contributed by atoms with Crippen LogP contribution in [0.3, 0.4) is 0 Å². The first-order chi connectivity index (χ1) is 36.7. The molecule has 14 aromatic rings. The van der Waals surface area contributed by atoms with Gasteiger partial charge in [-0.25, -0.2) is 19.9 Å². The zero-order valence-corrected chi connectivity index (χ0v) is 39.8. The van der Waals surface area contributed by atoms with Gasteiger partial charge in [0.25, 0.3) is 0 Å². The predicted octanol–water partition coefficient (Wildman–Crippen LogP) is 15.9. The Morgan fingerprint density at radius 3 is 1.01 bits per heavy atom. The van der Waals surface area contributed by atoms with E-state index in [0.29, 0.717) is 35.1 Å². The third kappa shape index (κ3) is 7.48. The highest BCUT2D eigenvalue weighted by molar-refractivity contribution is 6.23. The lowest BCUT2D eigenvalue weighted by molar-refractivity contribution is 0.953. The van der Waals surface area contributed by atoms with Gasteiger partial charge in [0.1, 0.15) is 0 Å². The fourth-order valence-corrected chi connectivity index (χ4v) is 10.3. The van der Waals surface area contributed by atoms with Gasteiger partial charge < -0.3 is 4.57 Å². The molecule has 4 heterocycles. The average molecular weight is 947 g/mol. The smallest absolute Gasteiger partial charge is 0.238 e. The van der Waals surface area contributed by atoms with Gasteiger partial charge in [0, 0.05) is 55.0 Å². The topological polar surface area (TPSA) is 87.2 Å². The molecular weight excluding hydrogens is 905 g/mol. The van der Waals surface area contributed by atoms with Crippen LogP contribution in [0.25, 0.3) is 134 Å². The Bertz CT molecular complexity index is 4320. The number of hydrogen-bond acceptors (Lipinski definition) is 6. The molecule has 0 saturated heterocycles. The van der Waals surface area contributed by atoms with E-state index in [0.717, 1.165) is 88.2 Å². The second kappa shape index (κ2) is 17.9. The Hall–Kier alpha value is -10.2. The first-order valence-corrected chi connectivity index (χ1v) is 24.7. The predicted molar refractivity (Wildman–Crippen MR) is 300 cm³/mol. The van der Waals surface area contributed by atoms with E-state index >= 15 is 0 Å². The number of aromatic nitrogens is 8. The quantitative estimate of drug-likeness (QED) is 0.143. The standard InChI is InChI=1S/C66H42N8/c1-5-18-43(19-6-1)50-26-17-27-51(42-50)44-32-34-48(35-33-44)62-67-61(45-20-7-2-8-21-45)68-63(69-62)49-36-38-52(39-37-49)73-57-30-15-13-28-53(57)55-40-41-56-54-29-14-16-31-58(54)74(60(56)59(55)73)66-71-64(46-22-9-3-10-23-46)70-65(72-66)47-24-11-4-12-25-47/h1-42H. The third-order valence-corrected chi connectivity index (χ3v) is 13.9. The van der Waals surface area contributed by atoms with Crippen LogP contribution in [0, 0.1) is 0 Å². The number of rotatable bonds is 9. The Morgan fingerprint density at radius 1 is 0.216 bits per heavy atom. The first kappa shape index (κ1) is 42.7. The summed E-state index contributed by atoms with van der Waals surface area (Å²) < 4.78 is 4.60. The van der Waals surface area contributed by atoms with Crippen LogP contribution in [0.5, 0.6) is 0 Å². The molecule has 346 valence electrons. The van der Waals surface area contributed by atoms with Crippen molar-refractivity contribution in [1.82, 2.24) is 39.0 Å². The minimum absolute atomic E-state index is 0.537. The van der Waals surface area contributed by atoms with Crippen molar-refractivity contribution in [2.24, 2.45) is 0 Å². The Morgan fingerprint density at radius 2 is 0.541 bits per heavy atom. The first-order valence-electron chi connectivity index (χ1n) is 24.7. The number of benzene rings is 10. The van der Waals surface area contributed by atoms with Gasteiger partial charge in [0.05, 0.1) is 22.1 Å². The van der Waals surface area contributed by atoms with Crippen molar-refractivity contribution >= 4 is 43.6 Å². The molecular formula is C66H42N8. The molecule has 0 aliphatic carbocycles. The van der Waals surface area contributed by atoms with E-state index in [9.17, 15) is 0 Å². The van der Waals surface area contributed by atoms with Crippen molar-refractivity contribution in [2.45, 2.75) is 0 Å². The molecule has 0 N–H and O–H groups in total. The maximum atomic E-state index is 5.28. The lowest BCUT2D eigenvalue weighted by atomic mass is 9.98. The molecule has 0 aliphatic rings. The molecule has 10 aromatic carbocycles. The molecule has 0 spiro atoms. The van der Waals surface area contributed by atoms with Crippen molar-refractivity contribution in [1.29, 1.82) is 0 Å². The molecule has 0 radical (unpaired) electrons. The monoisotopic (exact) mass is 946 g/mol. The summed E-state index contributed by atoms with van der Waals surface area (Å²) in [7, 11) is 0. The van der Waals surface area contributed by atoms with Crippen molar-refractivity contribution in [3.8, 4) is 90.8 Å². The van der Waals surface area contributed by atoms with Crippen LogP contribution in [-0.4, -0.2) is 39.0 Å². The molecule has 14 rings (SSSR count). The molecule has 0 unspecified atom stereocenters. The second-order valence-electron chi connectivity index (χ2n) is 18.3. The van der Waals surface area contributed by atoms with Gasteiger partial charge in [-0.2, -0.15) is 9.97 Å². The highest BCUT2D eigenvalue weighted by Gasteiger charge is 2.24. The van der Waals surface area contributed by atoms with Crippen LogP contribution in [0.15, 0.2) is 255 Å². The second-order valence-corrected chi connectivity index (χ2v) is 18.3. The summed E-state index contributed by atoms with van der Waals surface area (Å²) in [4.78, 5) is 31.0. The molecule has 0 bridgehead atoms. The maximum absolute atomic E-state index is 5.28. The largest absolute Gasteiger partial charge is 0.307 e. The van der Waals surface area contributed by atoms with E-state index in [4.69, 9.17) is 29.9 Å². The molecule has 0 atom stereocenters. The van der Waals surface area contributed by atoms with E-state index in [-0.39, 0.29) is 0 Å². The Labute approximate surface area is 426 Å². The van der Waals surface area contributed by atoms with Crippen molar-refractivity contribution in [3.05, 3.63) is 255 Å². The van der Waals surface area contributed by atoms with Crippen LogP contribution < -0.4 is 0 Å². The third-order valence-electron chi connectivity index (χ3n) is 13.9. The molecule has 0 fully saturated rings. The van der Waals surface area contributed by atoms with Crippen molar-refractivity contribution in [2.75, 3.05) is 0 Å². The minimum Gasteiger partial charge on any atom is -0.307 e. The molecule has 74 heavy (non-hydrogen) atoms. The molecule has 0 saturated carbocycles. The van der Waals surface area contributed by atoms with Crippen LogP contribution in [0.4, 0.5) is 0 Å². The fraction of sp³-hybridized carbons (Fsp3) is 0. The summed E-state index contributed by atoms with van der Waals surface area (Å²) >= 11 is 0. The van der Waals surface area contributed by atoms with Gasteiger partial charge in [-0.15, -0.1) is 0 Å². The van der Waals surface area contributed by atoms with Crippen LogP contribution >= 0.6 is 0 Å². The zero-order chi connectivity index (χ0) is 49.0. The zero-order valence-electron chi connectivity index (χ0n) is 39.8. The van der Waals surface area contributed by atoms with E-state index in [1.54, 1.807) is 0 Å². The van der Waals surface area contributed by atoms with E-state index in [1.165, 1.54) is 11.1 Å². The molecule has 8 heteroatoms. The molecule has 4 aromatic heterocycles. The summed E-state index contributed by atoms with van der Waals surface area (Å²) in [6.45, 7) is 0. The van der Waals surface area contributed by atoms with Gasteiger partial charge in [-0.05, 0) is 64.7 Å². The van der Waals surface area contributed by atoms with E-state index in [2.05, 4.69) is 167 Å². The highest BCUT2D eigenvalue weighted by Crippen LogP contribution is 2.42. The van der Waals surface area contributed by atoms with Crippen LogP contribution in [0.1, 0.15) is 0 Å². The van der Waals surface area contributed by atoms with E-state index in [1.807, 2.05) is 97.1 Å². The number of para-hydroxylation sites is 2. The van der Waals surface area contributed by atoms with Crippen LogP contribution in [0.2, 0.25) is 0 Å². The number of nitrogens with zero attached hydrogens (tertiary/aromatic N) is 8. The lowest BCUT2D eigenvalue weighted by Gasteiger charge is -2.14. The maximum Gasteiger partial charge on any atom is 0.238 e. The van der Waals surface area contributed by atoms with Crippen molar-refractivity contribution in [3.63, 3.8) is 0 Å². The molecule has 8 nitrogen and oxygen atoms in total. The van der Waals surface area contributed by atoms with E-state index < -0.39 is 0 Å². The summed E-state index contributed by atoms with van der Waals surface area (Å²) in [6.07, 6.45) is 0. The minimum atomic E-state index is 0.537. The van der Waals surface area contributed by atoms with Gasteiger partial charge in [-0.3, -0.25) is 4.57 Å². The Balaban J connectivity index is 0.919. The van der Waals surface area contributed by atoms with Gasteiger partial charge in [0.2, 0.25) is 5.95 Å². The summed E-state index contributed by atoms with van der Waals surface area (Å²) in [6, 6.07) is 88.2. The van der Waals surface area contributed by atoms with Gasteiger partial charge in [0.15, 0.2) is 29.1 Å². The summed E-state index contributed by atoms with van der Waals surface area (Å²) in [5.41, 5.74) is 14.2. The normalized spacial score (nSPS) is 11.5. The van der Waals surface area contributed by atoms with Gasteiger partial charge in [-0.1, -0.05) is 212 Å². The molecule has 0 amide bonds. The Kier molecular flexibility index (Phi) is 10.3. The average Bonchev–Trinajstić information content (AvgIpc) is 4.08. The number of hydrogen-bond donors (Lipinski definition) is 0. The van der Waals surface area contributed by atoms with Gasteiger partial charge >= 0.3 is 0 Å². The fourth-order valence-electron chi connectivity index (χ4n) is 10.3. The van der Waals surface area contributed by atoms with Crippen molar-refractivity contribution < 1.29 is 0 Å². The summed E-state index contributed by atoms with van der Waals surface area (Å²) in [5.74, 6) is 3.53. The van der Waals surface area contributed by atoms with Crippen LogP contribution in [-0.2, 0) is 0 Å². The SMILES string of the molecule is c1ccc(-c2cccc(-c3ccc(-c4nc(-c5ccccc5)nc(-c5ccc(-n6c7ccccc7c7ccc8c9ccccc9n(-c9nc(-c%10ccccc%10)nc(-c%10ccccc%10)n9)c8c76)cc5)n4)cc3)c2)cc1. The highest BCUT2D eigenvalue weighted by atomic mass is 15.2. The lowest BCUT2D eigenvalue weighted by Crippen LogP contribution is -2.07. The number of fused-ring (bicyclic) bond motifs is 7. The molecule has 0 aliphatic heterocycles. The summed E-state index contributed by atoms with van der Waals surface area (Å²) in [5, 5.41) is 4.45.